The lowest BCUT2D eigenvalue weighted by Gasteiger charge is -2.17. The van der Waals surface area contributed by atoms with E-state index in [4.69, 9.17) is 11.6 Å². The number of hydrogen-bond acceptors (Lipinski definition) is 2. The lowest BCUT2D eigenvalue weighted by atomic mass is 9.96. The van der Waals surface area contributed by atoms with E-state index in [2.05, 4.69) is 29.8 Å². The Morgan fingerprint density at radius 2 is 2.18 bits per heavy atom. The highest BCUT2D eigenvalue weighted by atomic mass is 79.9. The van der Waals surface area contributed by atoms with Gasteiger partial charge in [-0.05, 0) is 24.3 Å². The van der Waals surface area contributed by atoms with Crippen LogP contribution >= 0.6 is 27.5 Å². The smallest absolute Gasteiger partial charge is 0.258 e. The Hall–Kier alpha value is -0.610. The molecule has 17 heavy (non-hydrogen) atoms. The van der Waals surface area contributed by atoms with Gasteiger partial charge in [0.15, 0.2) is 0 Å². The fourth-order valence-corrected chi connectivity index (χ4v) is 2.13. The maximum Gasteiger partial charge on any atom is 0.270 e. The van der Waals surface area contributed by atoms with E-state index in [1.165, 1.54) is 12.1 Å². The summed E-state index contributed by atoms with van der Waals surface area (Å²) in [6.45, 7) is 4.26. The predicted molar refractivity (Wildman–Crippen MR) is 74.0 cm³/mol. The van der Waals surface area contributed by atoms with Crippen molar-refractivity contribution in [2.45, 2.75) is 31.5 Å². The van der Waals surface area contributed by atoms with Crippen molar-refractivity contribution in [2.24, 2.45) is 5.92 Å². The number of nitro groups is 1. The van der Waals surface area contributed by atoms with Gasteiger partial charge >= 0.3 is 0 Å². The van der Waals surface area contributed by atoms with Gasteiger partial charge in [-0.3, -0.25) is 10.1 Å². The summed E-state index contributed by atoms with van der Waals surface area (Å²) < 4.78 is 0. The van der Waals surface area contributed by atoms with Crippen LogP contribution < -0.4 is 0 Å². The van der Waals surface area contributed by atoms with Gasteiger partial charge in [-0.15, -0.1) is 0 Å². The number of non-ortho nitro benzene ring substituents is 1. The van der Waals surface area contributed by atoms with Crippen molar-refractivity contribution >= 4 is 33.2 Å². The third-order valence-corrected chi connectivity index (χ3v) is 4.70. The van der Waals surface area contributed by atoms with E-state index in [1.54, 1.807) is 6.07 Å². The second kappa shape index (κ2) is 6.36. The molecule has 1 rings (SSSR count). The van der Waals surface area contributed by atoms with Crippen molar-refractivity contribution in [2.75, 3.05) is 0 Å². The molecule has 0 amide bonds. The fourth-order valence-electron chi connectivity index (χ4n) is 1.69. The molecule has 2 unspecified atom stereocenters. The standard InChI is InChI=1S/C12H15BrClNO2/c1-3-11(13)8(2)6-9-4-5-10(15(16)17)7-12(9)14/h4-5,7-8,11H,3,6H2,1-2H3. The highest BCUT2D eigenvalue weighted by molar-refractivity contribution is 9.09. The molecule has 5 heteroatoms. The molecule has 1 aromatic rings. The Bertz CT molecular complexity index is 411. The van der Waals surface area contributed by atoms with Crippen LogP contribution in [0.5, 0.6) is 0 Å². The lowest BCUT2D eigenvalue weighted by molar-refractivity contribution is -0.384. The fraction of sp³-hybridized carbons (Fsp3) is 0.500. The third kappa shape index (κ3) is 3.96. The van der Waals surface area contributed by atoms with Crippen LogP contribution in [0.25, 0.3) is 0 Å². The molecular weight excluding hydrogens is 305 g/mol. The number of halogens is 2. The van der Waals surface area contributed by atoms with E-state index in [9.17, 15) is 10.1 Å². The SMILES string of the molecule is CCC(Br)C(C)Cc1ccc([N+](=O)[O-])cc1Cl. The van der Waals surface area contributed by atoms with Gasteiger partial charge in [0.25, 0.3) is 5.69 Å². The predicted octanol–water partition coefficient (Wildman–Crippen LogP) is 4.60. The zero-order valence-electron chi connectivity index (χ0n) is 9.82. The number of alkyl halides is 1. The molecule has 94 valence electrons. The van der Waals surface area contributed by atoms with Crippen molar-refractivity contribution in [3.05, 3.63) is 38.9 Å². The van der Waals surface area contributed by atoms with E-state index in [-0.39, 0.29) is 5.69 Å². The Kier molecular flexibility index (Phi) is 5.40. The van der Waals surface area contributed by atoms with E-state index < -0.39 is 4.92 Å². The number of nitrogens with zero attached hydrogens (tertiary/aromatic N) is 1. The minimum absolute atomic E-state index is 0.0392. The monoisotopic (exact) mass is 319 g/mol. The highest BCUT2D eigenvalue weighted by Crippen LogP contribution is 2.27. The first-order chi connectivity index (χ1) is 7.95. The molecule has 0 heterocycles. The van der Waals surface area contributed by atoms with Crippen LogP contribution in [-0.2, 0) is 6.42 Å². The molecule has 0 aromatic heterocycles. The zero-order valence-corrected chi connectivity index (χ0v) is 12.2. The number of nitro benzene ring substituents is 1. The molecule has 0 fully saturated rings. The van der Waals surface area contributed by atoms with E-state index in [0.717, 1.165) is 18.4 Å². The number of rotatable bonds is 5. The van der Waals surface area contributed by atoms with Crippen LogP contribution in [0, 0.1) is 16.0 Å². The largest absolute Gasteiger partial charge is 0.270 e. The topological polar surface area (TPSA) is 43.1 Å². The molecule has 3 nitrogen and oxygen atoms in total. The summed E-state index contributed by atoms with van der Waals surface area (Å²) in [6, 6.07) is 4.66. The van der Waals surface area contributed by atoms with Crippen molar-refractivity contribution in [1.29, 1.82) is 0 Å². The first-order valence-corrected chi connectivity index (χ1v) is 6.82. The average Bonchev–Trinajstić information content (AvgIpc) is 2.30. The van der Waals surface area contributed by atoms with Crippen molar-refractivity contribution < 1.29 is 4.92 Å². The van der Waals surface area contributed by atoms with Crippen molar-refractivity contribution in [3.63, 3.8) is 0 Å². The van der Waals surface area contributed by atoms with Crippen LogP contribution in [0.15, 0.2) is 18.2 Å². The molecule has 0 aliphatic rings. The van der Waals surface area contributed by atoms with Gasteiger partial charge in [0.2, 0.25) is 0 Å². The average molecular weight is 321 g/mol. The third-order valence-electron chi connectivity index (χ3n) is 2.80. The second-order valence-corrected chi connectivity index (χ2v) is 5.72. The van der Waals surface area contributed by atoms with Crippen molar-refractivity contribution in [3.8, 4) is 0 Å². The minimum Gasteiger partial charge on any atom is -0.258 e. The minimum atomic E-state index is -0.432. The zero-order chi connectivity index (χ0) is 13.0. The van der Waals surface area contributed by atoms with Crippen LogP contribution in [-0.4, -0.2) is 9.75 Å². The van der Waals surface area contributed by atoms with E-state index >= 15 is 0 Å². The highest BCUT2D eigenvalue weighted by Gasteiger charge is 2.16. The summed E-state index contributed by atoms with van der Waals surface area (Å²) in [5, 5.41) is 11.1. The molecule has 2 atom stereocenters. The van der Waals surface area contributed by atoms with Gasteiger partial charge in [0.05, 0.1) is 9.95 Å². The molecule has 0 aliphatic carbocycles. The number of benzene rings is 1. The molecule has 0 saturated heterocycles. The van der Waals surface area contributed by atoms with Crippen LogP contribution in [0.3, 0.4) is 0 Å². The molecule has 0 bridgehead atoms. The van der Waals surface area contributed by atoms with Gasteiger partial charge in [0, 0.05) is 17.0 Å². The molecule has 0 aliphatic heterocycles. The molecule has 0 N–H and O–H groups in total. The molecular formula is C12H15BrClNO2. The van der Waals surface area contributed by atoms with E-state index in [0.29, 0.717) is 15.8 Å². The van der Waals surface area contributed by atoms with Crippen LogP contribution in [0.1, 0.15) is 25.8 Å². The molecule has 0 spiro atoms. The Labute approximate surface area is 114 Å². The maximum atomic E-state index is 10.6. The quantitative estimate of drug-likeness (QED) is 0.452. The van der Waals surface area contributed by atoms with Crippen LogP contribution in [0.2, 0.25) is 5.02 Å². The Morgan fingerprint density at radius 1 is 1.53 bits per heavy atom. The van der Waals surface area contributed by atoms with Gasteiger partial charge in [-0.1, -0.05) is 47.4 Å². The van der Waals surface area contributed by atoms with Crippen LogP contribution in [0.4, 0.5) is 5.69 Å². The summed E-state index contributed by atoms with van der Waals surface area (Å²) >= 11 is 9.66. The Morgan fingerprint density at radius 3 is 2.65 bits per heavy atom. The number of hydrogen-bond donors (Lipinski definition) is 0. The summed E-state index contributed by atoms with van der Waals surface area (Å²) in [4.78, 5) is 10.6. The first-order valence-electron chi connectivity index (χ1n) is 5.52. The summed E-state index contributed by atoms with van der Waals surface area (Å²) in [5.74, 6) is 0.443. The normalized spacial score (nSPS) is 14.4. The first kappa shape index (κ1) is 14.5. The molecule has 0 radical (unpaired) electrons. The van der Waals surface area contributed by atoms with Gasteiger partial charge in [0.1, 0.15) is 0 Å². The Balaban J connectivity index is 2.82. The van der Waals surface area contributed by atoms with Gasteiger partial charge in [-0.2, -0.15) is 0 Å². The van der Waals surface area contributed by atoms with Gasteiger partial charge < -0.3 is 0 Å². The lowest BCUT2D eigenvalue weighted by Crippen LogP contribution is -2.12. The molecule has 0 saturated carbocycles. The summed E-state index contributed by atoms with van der Waals surface area (Å²) in [6.07, 6.45) is 1.87. The maximum absolute atomic E-state index is 10.6. The summed E-state index contributed by atoms with van der Waals surface area (Å²) in [5.41, 5.74) is 1.000. The van der Waals surface area contributed by atoms with E-state index in [1.807, 2.05) is 0 Å². The van der Waals surface area contributed by atoms with Gasteiger partial charge in [-0.25, -0.2) is 0 Å². The summed E-state index contributed by atoms with van der Waals surface area (Å²) in [7, 11) is 0. The second-order valence-electron chi connectivity index (χ2n) is 4.14. The van der Waals surface area contributed by atoms with Crippen molar-refractivity contribution in [1.82, 2.24) is 0 Å². The molecule has 1 aromatic carbocycles.